The lowest BCUT2D eigenvalue weighted by atomic mass is 10.3. The minimum atomic E-state index is -4.39. The maximum atomic E-state index is 12.2. The van der Waals surface area contributed by atoms with Crippen molar-refractivity contribution in [2.45, 2.75) is 11.2 Å². The van der Waals surface area contributed by atoms with Gasteiger partial charge in [0.25, 0.3) is 0 Å². The summed E-state index contributed by atoms with van der Waals surface area (Å²) in [4.78, 5) is 14.3. The predicted molar refractivity (Wildman–Crippen MR) is 52.0 cm³/mol. The van der Waals surface area contributed by atoms with E-state index in [1.165, 1.54) is 13.2 Å². The first-order valence-corrected chi connectivity index (χ1v) is 5.15. The summed E-state index contributed by atoms with van der Waals surface area (Å²) in [6.07, 6.45) is -3.65. The van der Waals surface area contributed by atoms with E-state index in [4.69, 9.17) is 0 Å². The Balaban J connectivity index is 2.62. The second-order valence-electron chi connectivity index (χ2n) is 2.75. The Hall–Kier alpha value is -1.24. The number of aromatic nitrogens is 1. The molecular weight excluding hydrogens is 243 g/mol. The van der Waals surface area contributed by atoms with Crippen LogP contribution in [0.1, 0.15) is 5.56 Å². The van der Waals surface area contributed by atoms with Crippen LogP contribution in [0.25, 0.3) is 0 Å². The highest BCUT2D eigenvalue weighted by Gasteiger charge is 2.30. The first-order chi connectivity index (χ1) is 7.43. The minimum absolute atomic E-state index is 0.0227. The van der Waals surface area contributed by atoms with Crippen LogP contribution >= 0.6 is 11.8 Å². The topological polar surface area (TPSA) is 39.2 Å². The fourth-order valence-corrected chi connectivity index (χ4v) is 1.50. The maximum absolute atomic E-state index is 12.2. The number of ether oxygens (including phenoxy) is 1. The zero-order valence-electron chi connectivity index (χ0n) is 8.25. The van der Waals surface area contributed by atoms with E-state index >= 15 is 0 Å². The smallest absolute Gasteiger partial charge is 0.417 e. The van der Waals surface area contributed by atoms with E-state index in [1.54, 1.807) is 0 Å². The highest BCUT2D eigenvalue weighted by Crippen LogP contribution is 2.29. The van der Waals surface area contributed by atoms with Gasteiger partial charge in [0.2, 0.25) is 0 Å². The van der Waals surface area contributed by atoms with Gasteiger partial charge in [0.15, 0.2) is 0 Å². The van der Waals surface area contributed by atoms with E-state index < -0.39 is 17.7 Å². The van der Waals surface area contributed by atoms with Crippen LogP contribution in [0.15, 0.2) is 23.4 Å². The molecule has 0 radical (unpaired) electrons. The Morgan fingerprint density at radius 2 is 2.19 bits per heavy atom. The third-order valence-corrected chi connectivity index (χ3v) is 2.55. The number of pyridine rings is 1. The monoisotopic (exact) mass is 251 g/mol. The first-order valence-electron chi connectivity index (χ1n) is 4.16. The van der Waals surface area contributed by atoms with Gasteiger partial charge < -0.3 is 4.74 Å². The molecule has 0 N–H and O–H groups in total. The molecule has 0 saturated carbocycles. The SMILES string of the molecule is COC(=O)CSc1ccc(C(F)(F)F)cn1. The molecule has 1 aromatic heterocycles. The molecule has 0 saturated heterocycles. The van der Waals surface area contributed by atoms with Crippen molar-refractivity contribution in [3.8, 4) is 0 Å². The third kappa shape index (κ3) is 3.73. The van der Waals surface area contributed by atoms with Gasteiger partial charge in [-0.15, -0.1) is 0 Å². The number of hydrogen-bond acceptors (Lipinski definition) is 4. The number of hydrogen-bond donors (Lipinski definition) is 0. The molecule has 1 rings (SSSR count). The average molecular weight is 251 g/mol. The van der Waals surface area contributed by atoms with Gasteiger partial charge in [-0.2, -0.15) is 13.2 Å². The third-order valence-electron chi connectivity index (χ3n) is 1.63. The fraction of sp³-hybridized carbons (Fsp3) is 0.333. The molecule has 1 heterocycles. The van der Waals surface area contributed by atoms with Crippen molar-refractivity contribution in [1.82, 2.24) is 4.98 Å². The minimum Gasteiger partial charge on any atom is -0.468 e. The molecule has 0 fully saturated rings. The van der Waals surface area contributed by atoms with Crippen molar-refractivity contribution < 1.29 is 22.7 Å². The van der Waals surface area contributed by atoms with Crippen LogP contribution < -0.4 is 0 Å². The van der Waals surface area contributed by atoms with Crippen molar-refractivity contribution in [2.75, 3.05) is 12.9 Å². The lowest BCUT2D eigenvalue weighted by Gasteiger charge is -2.06. The number of methoxy groups -OCH3 is 1. The van der Waals surface area contributed by atoms with E-state index in [2.05, 4.69) is 9.72 Å². The quantitative estimate of drug-likeness (QED) is 0.610. The van der Waals surface area contributed by atoms with Crippen LogP contribution in [-0.2, 0) is 15.7 Å². The van der Waals surface area contributed by atoms with E-state index in [9.17, 15) is 18.0 Å². The number of rotatable bonds is 3. The standard InChI is InChI=1S/C9H8F3NO2S/c1-15-8(14)5-16-7-3-2-6(4-13-7)9(10,11)12/h2-4H,5H2,1H3. The summed E-state index contributed by atoms with van der Waals surface area (Å²) < 4.78 is 40.9. The van der Waals surface area contributed by atoms with E-state index in [0.29, 0.717) is 5.03 Å². The molecule has 0 aromatic carbocycles. The largest absolute Gasteiger partial charge is 0.468 e. The summed E-state index contributed by atoms with van der Waals surface area (Å²) in [7, 11) is 1.24. The van der Waals surface area contributed by atoms with Crippen LogP contribution in [0.3, 0.4) is 0 Å². The Morgan fingerprint density at radius 1 is 1.50 bits per heavy atom. The van der Waals surface area contributed by atoms with Crippen LogP contribution in [0.4, 0.5) is 13.2 Å². The maximum Gasteiger partial charge on any atom is 0.417 e. The summed E-state index contributed by atoms with van der Waals surface area (Å²) in [6.45, 7) is 0. The molecule has 0 aliphatic carbocycles. The zero-order chi connectivity index (χ0) is 12.2. The molecule has 0 aliphatic heterocycles. The Labute approximate surface area is 94.0 Å². The summed E-state index contributed by atoms with van der Waals surface area (Å²) in [5, 5.41) is 0.346. The van der Waals surface area contributed by atoms with Gasteiger partial charge in [-0.1, -0.05) is 11.8 Å². The molecule has 3 nitrogen and oxygen atoms in total. The molecule has 16 heavy (non-hydrogen) atoms. The van der Waals surface area contributed by atoms with E-state index in [0.717, 1.165) is 24.0 Å². The van der Waals surface area contributed by atoms with Crippen molar-refractivity contribution >= 4 is 17.7 Å². The van der Waals surface area contributed by atoms with Gasteiger partial charge in [-0.3, -0.25) is 4.79 Å². The fourth-order valence-electron chi connectivity index (χ4n) is 0.825. The summed E-state index contributed by atoms with van der Waals surface area (Å²) in [5.74, 6) is -0.429. The van der Waals surface area contributed by atoms with Crippen LogP contribution in [0.2, 0.25) is 0 Å². The van der Waals surface area contributed by atoms with Gasteiger partial charge in [0, 0.05) is 6.20 Å². The van der Waals surface area contributed by atoms with Gasteiger partial charge in [0.05, 0.1) is 23.5 Å². The molecule has 88 valence electrons. The Morgan fingerprint density at radius 3 is 2.62 bits per heavy atom. The lowest BCUT2D eigenvalue weighted by Crippen LogP contribution is -2.06. The predicted octanol–water partition coefficient (Wildman–Crippen LogP) is 2.37. The second-order valence-corrected chi connectivity index (χ2v) is 3.74. The number of carbonyl (C=O) groups is 1. The molecule has 0 spiro atoms. The number of halogens is 3. The Kier molecular flexibility index (Phi) is 4.17. The highest BCUT2D eigenvalue weighted by atomic mass is 32.2. The number of esters is 1. The van der Waals surface area contributed by atoms with E-state index in [-0.39, 0.29) is 5.75 Å². The van der Waals surface area contributed by atoms with Crippen molar-refractivity contribution in [3.63, 3.8) is 0 Å². The zero-order valence-corrected chi connectivity index (χ0v) is 9.06. The van der Waals surface area contributed by atoms with Gasteiger partial charge in [-0.05, 0) is 12.1 Å². The van der Waals surface area contributed by atoms with Crippen molar-refractivity contribution in [2.24, 2.45) is 0 Å². The molecule has 0 bridgehead atoms. The molecular formula is C9H8F3NO2S. The molecule has 0 amide bonds. The van der Waals surface area contributed by atoms with E-state index in [1.807, 2.05) is 0 Å². The molecule has 0 unspecified atom stereocenters. The summed E-state index contributed by atoms with van der Waals surface area (Å²) in [5.41, 5.74) is -0.810. The first kappa shape index (κ1) is 12.8. The van der Waals surface area contributed by atoms with Crippen molar-refractivity contribution in [3.05, 3.63) is 23.9 Å². The molecule has 7 heteroatoms. The normalized spacial score (nSPS) is 11.2. The van der Waals surface area contributed by atoms with Crippen LogP contribution in [0.5, 0.6) is 0 Å². The number of thioether (sulfide) groups is 1. The highest BCUT2D eigenvalue weighted by molar-refractivity contribution is 7.99. The Bertz CT molecular complexity index is 364. The second kappa shape index (κ2) is 5.20. The molecule has 0 aliphatic rings. The molecule has 1 aromatic rings. The molecule has 0 atom stereocenters. The van der Waals surface area contributed by atoms with Gasteiger partial charge in [-0.25, -0.2) is 4.98 Å². The average Bonchev–Trinajstić information content (AvgIpc) is 2.25. The lowest BCUT2D eigenvalue weighted by molar-refractivity contribution is -0.138. The van der Waals surface area contributed by atoms with Crippen molar-refractivity contribution in [1.29, 1.82) is 0 Å². The van der Waals surface area contributed by atoms with Gasteiger partial charge in [0.1, 0.15) is 0 Å². The number of nitrogens with zero attached hydrogens (tertiary/aromatic N) is 1. The number of carbonyl (C=O) groups excluding carboxylic acids is 1. The number of alkyl halides is 3. The summed E-state index contributed by atoms with van der Waals surface area (Å²) in [6, 6.07) is 2.14. The van der Waals surface area contributed by atoms with Crippen LogP contribution in [0, 0.1) is 0 Å². The summed E-state index contributed by atoms with van der Waals surface area (Å²) >= 11 is 1.02. The van der Waals surface area contributed by atoms with Gasteiger partial charge >= 0.3 is 12.1 Å². The van der Waals surface area contributed by atoms with Crippen LogP contribution in [-0.4, -0.2) is 23.8 Å².